The summed E-state index contributed by atoms with van der Waals surface area (Å²) in [6.45, 7) is 7.12. The van der Waals surface area contributed by atoms with Crippen LogP contribution in [0.3, 0.4) is 0 Å². The Morgan fingerprint density at radius 2 is 1.69 bits per heavy atom. The van der Waals surface area contributed by atoms with Gasteiger partial charge >= 0.3 is 12.1 Å². The van der Waals surface area contributed by atoms with Crippen molar-refractivity contribution in [2.75, 3.05) is 0 Å². The number of aryl methyl sites for hydroxylation is 3. The molecule has 0 radical (unpaired) electrons. The van der Waals surface area contributed by atoms with Crippen molar-refractivity contribution in [1.29, 1.82) is 0 Å². The normalized spacial score (nSPS) is 11.6. The molecular formula is C20H19F3N4O2. The van der Waals surface area contributed by atoms with Gasteiger partial charge in [0.15, 0.2) is 0 Å². The second-order valence-electron chi connectivity index (χ2n) is 6.66. The lowest BCUT2D eigenvalue weighted by atomic mass is 10.1. The third kappa shape index (κ3) is 4.44. The van der Waals surface area contributed by atoms with Gasteiger partial charge in [-0.1, -0.05) is 12.1 Å². The maximum atomic E-state index is 13.1. The Hall–Kier alpha value is -3.23. The van der Waals surface area contributed by atoms with E-state index in [-0.39, 0.29) is 6.42 Å². The number of hydrogen-bond acceptors (Lipinski definition) is 5. The Kier molecular flexibility index (Phi) is 5.41. The van der Waals surface area contributed by atoms with E-state index in [9.17, 15) is 18.0 Å². The van der Waals surface area contributed by atoms with Crippen molar-refractivity contribution in [1.82, 2.24) is 19.7 Å². The SMILES string of the molecule is Cc1cc(C)nc(-n2nc(C)c(CC(=O)Oc3ccccc3C(F)(F)F)c2C)n1. The molecule has 29 heavy (non-hydrogen) atoms. The molecule has 0 unspecified atom stereocenters. The highest BCUT2D eigenvalue weighted by atomic mass is 19.4. The molecule has 2 heterocycles. The summed E-state index contributed by atoms with van der Waals surface area (Å²) in [5, 5.41) is 4.38. The number of esters is 1. The van der Waals surface area contributed by atoms with Crippen LogP contribution in [0.2, 0.25) is 0 Å². The first-order valence-electron chi connectivity index (χ1n) is 8.81. The zero-order valence-corrected chi connectivity index (χ0v) is 16.3. The molecule has 0 fully saturated rings. The lowest BCUT2D eigenvalue weighted by molar-refractivity contribution is -0.142. The van der Waals surface area contributed by atoms with Gasteiger partial charge in [0.25, 0.3) is 5.95 Å². The van der Waals surface area contributed by atoms with Gasteiger partial charge < -0.3 is 4.74 Å². The Labute approximate surface area is 165 Å². The minimum atomic E-state index is -4.62. The molecule has 2 aromatic heterocycles. The highest BCUT2D eigenvalue weighted by molar-refractivity contribution is 5.76. The van der Waals surface area contributed by atoms with Gasteiger partial charge in [-0.05, 0) is 45.9 Å². The molecule has 3 aromatic rings. The van der Waals surface area contributed by atoms with Crippen LogP contribution in [0.15, 0.2) is 30.3 Å². The van der Waals surface area contributed by atoms with Crippen LogP contribution >= 0.6 is 0 Å². The molecule has 3 rings (SSSR count). The molecule has 0 saturated carbocycles. The van der Waals surface area contributed by atoms with Crippen LogP contribution in [0.5, 0.6) is 5.75 Å². The van der Waals surface area contributed by atoms with E-state index in [2.05, 4.69) is 15.1 Å². The Morgan fingerprint density at radius 1 is 1.07 bits per heavy atom. The summed E-state index contributed by atoms with van der Waals surface area (Å²) in [6, 6.07) is 6.43. The Bertz CT molecular complexity index is 1050. The van der Waals surface area contributed by atoms with Gasteiger partial charge in [0, 0.05) is 22.6 Å². The van der Waals surface area contributed by atoms with Crippen molar-refractivity contribution in [2.45, 2.75) is 40.3 Å². The van der Waals surface area contributed by atoms with E-state index in [0.29, 0.717) is 22.9 Å². The fraction of sp³-hybridized carbons (Fsp3) is 0.300. The fourth-order valence-corrected chi connectivity index (χ4v) is 3.02. The number of halogens is 3. The van der Waals surface area contributed by atoms with Gasteiger partial charge in [0.2, 0.25) is 0 Å². The number of rotatable bonds is 4. The summed E-state index contributed by atoms with van der Waals surface area (Å²) in [5.41, 5.74) is 2.26. The number of ether oxygens (including phenoxy) is 1. The van der Waals surface area contributed by atoms with E-state index in [0.717, 1.165) is 23.5 Å². The topological polar surface area (TPSA) is 69.9 Å². The van der Waals surface area contributed by atoms with E-state index >= 15 is 0 Å². The van der Waals surface area contributed by atoms with Gasteiger partial charge in [-0.15, -0.1) is 0 Å². The predicted molar refractivity (Wildman–Crippen MR) is 98.9 cm³/mol. The second kappa shape index (κ2) is 7.65. The van der Waals surface area contributed by atoms with Crippen molar-refractivity contribution >= 4 is 5.97 Å². The van der Waals surface area contributed by atoms with Crippen molar-refractivity contribution < 1.29 is 22.7 Å². The first-order valence-corrected chi connectivity index (χ1v) is 8.81. The lowest BCUT2D eigenvalue weighted by Gasteiger charge is -2.12. The average Bonchev–Trinajstić information content (AvgIpc) is 2.88. The van der Waals surface area contributed by atoms with E-state index < -0.39 is 23.5 Å². The molecule has 0 bridgehead atoms. The summed E-state index contributed by atoms with van der Waals surface area (Å²) in [4.78, 5) is 21.1. The highest BCUT2D eigenvalue weighted by Gasteiger charge is 2.34. The maximum absolute atomic E-state index is 13.1. The van der Waals surface area contributed by atoms with Crippen LogP contribution in [0.4, 0.5) is 13.2 Å². The Balaban J connectivity index is 1.87. The van der Waals surface area contributed by atoms with Gasteiger partial charge in [0.05, 0.1) is 17.7 Å². The summed E-state index contributed by atoms with van der Waals surface area (Å²) in [5.74, 6) is -0.968. The maximum Gasteiger partial charge on any atom is 0.419 e. The first kappa shape index (κ1) is 20.5. The number of hydrogen-bond donors (Lipinski definition) is 0. The van der Waals surface area contributed by atoms with Crippen LogP contribution in [-0.2, 0) is 17.4 Å². The number of alkyl halides is 3. The van der Waals surface area contributed by atoms with Crippen LogP contribution in [-0.4, -0.2) is 25.7 Å². The monoisotopic (exact) mass is 404 g/mol. The van der Waals surface area contributed by atoms with Gasteiger partial charge in [0.1, 0.15) is 5.75 Å². The third-order valence-corrected chi connectivity index (χ3v) is 4.34. The molecule has 0 aliphatic heterocycles. The second-order valence-corrected chi connectivity index (χ2v) is 6.66. The summed E-state index contributed by atoms with van der Waals surface area (Å²) < 4.78 is 45.8. The molecule has 0 N–H and O–H groups in total. The van der Waals surface area contributed by atoms with Crippen LogP contribution < -0.4 is 4.74 Å². The summed E-state index contributed by atoms with van der Waals surface area (Å²) in [6.07, 6.45) is -4.84. The molecule has 0 aliphatic rings. The first-order chi connectivity index (χ1) is 13.6. The molecule has 0 aliphatic carbocycles. The van der Waals surface area contributed by atoms with E-state index in [1.54, 1.807) is 13.8 Å². The van der Waals surface area contributed by atoms with Crippen LogP contribution in [0, 0.1) is 27.7 Å². The van der Waals surface area contributed by atoms with Crippen molar-refractivity contribution in [2.24, 2.45) is 0 Å². The predicted octanol–water partition coefficient (Wildman–Crippen LogP) is 4.06. The molecule has 0 spiro atoms. The average molecular weight is 404 g/mol. The molecule has 9 heteroatoms. The molecular weight excluding hydrogens is 385 g/mol. The minimum absolute atomic E-state index is 0.228. The van der Waals surface area contributed by atoms with Gasteiger partial charge in [-0.2, -0.15) is 18.3 Å². The zero-order chi connectivity index (χ0) is 21.3. The zero-order valence-electron chi connectivity index (χ0n) is 16.3. The van der Waals surface area contributed by atoms with Gasteiger partial charge in [-0.25, -0.2) is 14.6 Å². The molecule has 152 valence electrons. The van der Waals surface area contributed by atoms with E-state index in [1.165, 1.54) is 16.8 Å². The van der Waals surface area contributed by atoms with Gasteiger partial charge in [-0.3, -0.25) is 4.79 Å². The standard InChI is InChI=1S/C20H19F3N4O2/c1-11-9-12(2)25-19(24-11)27-14(4)15(13(3)26-27)10-18(28)29-17-8-6-5-7-16(17)20(21,22)23/h5-9H,10H2,1-4H3. The van der Waals surface area contributed by atoms with Crippen molar-refractivity contribution in [3.63, 3.8) is 0 Å². The van der Waals surface area contributed by atoms with E-state index in [1.807, 2.05) is 19.9 Å². The number of benzene rings is 1. The number of aromatic nitrogens is 4. The smallest absolute Gasteiger partial charge is 0.419 e. The lowest BCUT2D eigenvalue weighted by Crippen LogP contribution is -2.16. The quantitative estimate of drug-likeness (QED) is 0.484. The number of nitrogens with zero attached hydrogens (tertiary/aromatic N) is 4. The number of carbonyl (C=O) groups excluding carboxylic acids is 1. The van der Waals surface area contributed by atoms with Crippen molar-refractivity contribution in [3.05, 3.63) is 64.2 Å². The molecule has 1 aromatic carbocycles. The van der Waals surface area contributed by atoms with Crippen molar-refractivity contribution in [3.8, 4) is 11.7 Å². The number of para-hydroxylation sites is 1. The summed E-state index contributed by atoms with van der Waals surface area (Å²) in [7, 11) is 0. The molecule has 0 saturated heterocycles. The van der Waals surface area contributed by atoms with E-state index in [4.69, 9.17) is 4.74 Å². The van der Waals surface area contributed by atoms with Crippen LogP contribution in [0.1, 0.15) is 33.9 Å². The minimum Gasteiger partial charge on any atom is -0.426 e. The number of carbonyl (C=O) groups is 1. The highest BCUT2D eigenvalue weighted by Crippen LogP contribution is 2.36. The Morgan fingerprint density at radius 3 is 2.31 bits per heavy atom. The molecule has 0 amide bonds. The fourth-order valence-electron chi connectivity index (χ4n) is 3.02. The van der Waals surface area contributed by atoms with Crippen LogP contribution in [0.25, 0.3) is 5.95 Å². The third-order valence-electron chi connectivity index (χ3n) is 4.34. The molecule has 6 nitrogen and oxygen atoms in total. The molecule has 0 atom stereocenters. The largest absolute Gasteiger partial charge is 0.426 e. The summed E-state index contributed by atoms with van der Waals surface area (Å²) >= 11 is 0.